The maximum atomic E-state index is 13.8. The van der Waals surface area contributed by atoms with Crippen molar-refractivity contribution < 1.29 is 9.13 Å². The molecule has 0 saturated carbocycles. The van der Waals surface area contributed by atoms with E-state index in [0.717, 1.165) is 36.9 Å². The summed E-state index contributed by atoms with van der Waals surface area (Å²) in [7, 11) is 0. The van der Waals surface area contributed by atoms with Gasteiger partial charge in [-0.25, -0.2) is 4.39 Å². The van der Waals surface area contributed by atoms with Crippen molar-refractivity contribution in [2.45, 2.75) is 84.2 Å². The predicted octanol–water partition coefficient (Wildman–Crippen LogP) is 7.56. The highest BCUT2D eigenvalue weighted by atomic mass is 19.1. The average molecular weight is 386 g/mol. The summed E-state index contributed by atoms with van der Waals surface area (Å²) in [5.74, 6) is 0.630. The van der Waals surface area contributed by atoms with E-state index in [4.69, 9.17) is 4.74 Å². The lowest BCUT2D eigenvalue weighted by molar-refractivity contribution is 0.183. The van der Waals surface area contributed by atoms with Crippen LogP contribution in [0.5, 0.6) is 5.75 Å². The minimum atomic E-state index is -0.902. The van der Waals surface area contributed by atoms with Crippen molar-refractivity contribution in [2.75, 3.05) is 6.61 Å². The van der Waals surface area contributed by atoms with E-state index in [1.807, 2.05) is 12.1 Å². The van der Waals surface area contributed by atoms with Crippen LogP contribution >= 0.6 is 0 Å². The summed E-state index contributed by atoms with van der Waals surface area (Å²) in [5.41, 5.74) is 3.41. The number of hydrogen-bond donors (Lipinski definition) is 0. The number of benzene rings is 1. The summed E-state index contributed by atoms with van der Waals surface area (Å²) in [5, 5.41) is 0. The Bertz CT molecular complexity index is 639. The second kappa shape index (κ2) is 13.3. The van der Waals surface area contributed by atoms with Gasteiger partial charge in [-0.3, -0.25) is 4.98 Å². The molecule has 1 unspecified atom stereocenters. The van der Waals surface area contributed by atoms with Gasteiger partial charge in [0.05, 0.1) is 11.9 Å². The molecule has 154 valence electrons. The standard InChI is InChI=1S/C25H36FNO/c1-3-5-7-8-10-11-21-13-15-22(16-14-21)25-18-17-24(19-27-25)28-20-23(26)12-9-6-4-2/h13-19,23H,3-12,20H2,1-2H3. The topological polar surface area (TPSA) is 22.1 Å². The Morgan fingerprint density at radius 2 is 1.57 bits per heavy atom. The van der Waals surface area contributed by atoms with Crippen molar-refractivity contribution in [2.24, 2.45) is 0 Å². The van der Waals surface area contributed by atoms with Gasteiger partial charge >= 0.3 is 0 Å². The fraction of sp³-hybridized carbons (Fsp3) is 0.560. The molecule has 0 radical (unpaired) electrons. The first-order valence-corrected chi connectivity index (χ1v) is 11.0. The van der Waals surface area contributed by atoms with Crippen molar-refractivity contribution >= 4 is 0 Å². The minimum absolute atomic E-state index is 0.109. The molecule has 1 atom stereocenters. The molecule has 0 spiro atoms. The highest BCUT2D eigenvalue weighted by Gasteiger charge is 2.08. The van der Waals surface area contributed by atoms with Crippen LogP contribution in [-0.4, -0.2) is 17.8 Å². The van der Waals surface area contributed by atoms with Crippen LogP contribution in [0, 0.1) is 0 Å². The Hall–Kier alpha value is -1.90. The Labute approximate surface area is 170 Å². The van der Waals surface area contributed by atoms with E-state index >= 15 is 0 Å². The van der Waals surface area contributed by atoms with Gasteiger partial charge in [0.15, 0.2) is 0 Å². The van der Waals surface area contributed by atoms with E-state index in [1.165, 1.54) is 37.7 Å². The molecular formula is C25H36FNO. The van der Waals surface area contributed by atoms with Crippen LogP contribution in [0.2, 0.25) is 0 Å². The molecular weight excluding hydrogens is 349 g/mol. The lowest BCUT2D eigenvalue weighted by Crippen LogP contribution is -2.12. The smallest absolute Gasteiger partial charge is 0.137 e. The van der Waals surface area contributed by atoms with Crippen LogP contribution < -0.4 is 4.74 Å². The SMILES string of the molecule is CCCCCCCc1ccc(-c2ccc(OCC(F)CCCCC)cn2)cc1. The van der Waals surface area contributed by atoms with Gasteiger partial charge in [-0.2, -0.15) is 0 Å². The first kappa shape index (κ1) is 22.4. The van der Waals surface area contributed by atoms with E-state index < -0.39 is 6.17 Å². The molecule has 1 aromatic carbocycles. The Morgan fingerprint density at radius 3 is 2.25 bits per heavy atom. The van der Waals surface area contributed by atoms with Gasteiger partial charge in [0.25, 0.3) is 0 Å². The molecule has 0 bridgehead atoms. The Balaban J connectivity index is 1.77. The van der Waals surface area contributed by atoms with Crippen molar-refractivity contribution in [3.63, 3.8) is 0 Å². The molecule has 3 heteroatoms. The lowest BCUT2D eigenvalue weighted by Gasteiger charge is -2.10. The maximum absolute atomic E-state index is 13.8. The van der Waals surface area contributed by atoms with Gasteiger partial charge in [-0.05, 0) is 37.0 Å². The molecule has 2 aromatic rings. The number of alkyl halides is 1. The van der Waals surface area contributed by atoms with Crippen LogP contribution in [0.1, 0.15) is 77.2 Å². The number of aryl methyl sites for hydroxylation is 1. The second-order valence-electron chi connectivity index (χ2n) is 7.64. The monoisotopic (exact) mass is 385 g/mol. The molecule has 0 saturated heterocycles. The van der Waals surface area contributed by atoms with E-state index in [1.54, 1.807) is 6.20 Å². The quantitative estimate of drug-likeness (QED) is 0.313. The summed E-state index contributed by atoms with van der Waals surface area (Å²) < 4.78 is 19.3. The molecule has 0 aliphatic heterocycles. The first-order valence-electron chi connectivity index (χ1n) is 11.0. The van der Waals surface area contributed by atoms with Crippen molar-refractivity contribution in [1.29, 1.82) is 0 Å². The average Bonchev–Trinajstić information content (AvgIpc) is 2.73. The number of unbranched alkanes of at least 4 members (excludes halogenated alkanes) is 6. The van der Waals surface area contributed by atoms with Crippen LogP contribution in [-0.2, 0) is 6.42 Å². The third-order valence-corrected chi connectivity index (χ3v) is 5.11. The molecule has 0 aliphatic carbocycles. The molecule has 0 amide bonds. The number of rotatable bonds is 14. The van der Waals surface area contributed by atoms with Crippen LogP contribution in [0.15, 0.2) is 42.6 Å². The number of pyridine rings is 1. The zero-order valence-electron chi connectivity index (χ0n) is 17.6. The molecule has 28 heavy (non-hydrogen) atoms. The number of aromatic nitrogens is 1. The van der Waals surface area contributed by atoms with E-state index in [-0.39, 0.29) is 6.61 Å². The third-order valence-electron chi connectivity index (χ3n) is 5.11. The maximum Gasteiger partial charge on any atom is 0.137 e. The van der Waals surface area contributed by atoms with E-state index in [2.05, 4.69) is 43.1 Å². The molecule has 1 heterocycles. The van der Waals surface area contributed by atoms with Gasteiger partial charge < -0.3 is 4.74 Å². The van der Waals surface area contributed by atoms with Gasteiger partial charge in [-0.1, -0.05) is 83.1 Å². The third kappa shape index (κ3) is 8.41. The number of ether oxygens (including phenoxy) is 1. The van der Waals surface area contributed by atoms with Gasteiger partial charge in [0, 0.05) is 5.56 Å². The van der Waals surface area contributed by atoms with Crippen LogP contribution in [0.3, 0.4) is 0 Å². The highest BCUT2D eigenvalue weighted by Crippen LogP contribution is 2.21. The van der Waals surface area contributed by atoms with Crippen LogP contribution in [0.4, 0.5) is 4.39 Å². The lowest BCUT2D eigenvalue weighted by atomic mass is 10.0. The number of halogens is 1. The van der Waals surface area contributed by atoms with E-state index in [9.17, 15) is 4.39 Å². The fourth-order valence-corrected chi connectivity index (χ4v) is 3.30. The summed E-state index contributed by atoms with van der Waals surface area (Å²) >= 11 is 0. The predicted molar refractivity (Wildman–Crippen MR) is 117 cm³/mol. The summed E-state index contributed by atoms with van der Waals surface area (Å²) in [6.45, 7) is 4.48. The second-order valence-corrected chi connectivity index (χ2v) is 7.64. The molecule has 0 N–H and O–H groups in total. The number of nitrogens with zero attached hydrogens (tertiary/aromatic N) is 1. The molecule has 0 fully saturated rings. The molecule has 2 rings (SSSR count). The van der Waals surface area contributed by atoms with Crippen molar-refractivity contribution in [1.82, 2.24) is 4.98 Å². The molecule has 0 aliphatic rings. The van der Waals surface area contributed by atoms with Crippen molar-refractivity contribution in [3.05, 3.63) is 48.2 Å². The van der Waals surface area contributed by atoms with Gasteiger partial charge in [0.2, 0.25) is 0 Å². The van der Waals surface area contributed by atoms with Crippen LogP contribution in [0.25, 0.3) is 11.3 Å². The molecule has 2 nitrogen and oxygen atoms in total. The minimum Gasteiger partial charge on any atom is -0.489 e. The number of hydrogen-bond acceptors (Lipinski definition) is 2. The summed E-state index contributed by atoms with van der Waals surface area (Å²) in [6, 6.07) is 12.5. The van der Waals surface area contributed by atoms with E-state index in [0.29, 0.717) is 12.2 Å². The first-order chi connectivity index (χ1) is 13.7. The van der Waals surface area contributed by atoms with Crippen molar-refractivity contribution in [3.8, 4) is 17.0 Å². The zero-order chi connectivity index (χ0) is 20.0. The summed E-state index contributed by atoms with van der Waals surface area (Å²) in [6.07, 6.45) is 12.2. The highest BCUT2D eigenvalue weighted by molar-refractivity contribution is 5.59. The Kier molecular flexibility index (Phi) is 10.6. The summed E-state index contributed by atoms with van der Waals surface area (Å²) in [4.78, 5) is 4.48. The normalized spacial score (nSPS) is 12.1. The largest absolute Gasteiger partial charge is 0.489 e. The van der Waals surface area contributed by atoms with Gasteiger partial charge in [-0.15, -0.1) is 0 Å². The van der Waals surface area contributed by atoms with Gasteiger partial charge in [0.1, 0.15) is 18.5 Å². The molecule has 1 aromatic heterocycles. The zero-order valence-corrected chi connectivity index (χ0v) is 17.6. The Morgan fingerprint density at radius 1 is 0.857 bits per heavy atom. The fourth-order valence-electron chi connectivity index (χ4n) is 3.30.